The molecule has 1 N–H and O–H groups in total. The molecular formula is C16H13NO3. The van der Waals surface area contributed by atoms with Crippen molar-refractivity contribution in [1.29, 1.82) is 5.26 Å². The van der Waals surface area contributed by atoms with Crippen molar-refractivity contribution in [2.45, 2.75) is 12.2 Å². The molecule has 1 aliphatic heterocycles. The molecule has 3 rings (SSSR count). The fourth-order valence-electron chi connectivity index (χ4n) is 2.44. The van der Waals surface area contributed by atoms with Gasteiger partial charge in [0.15, 0.2) is 12.2 Å². The molecule has 0 fully saturated rings. The maximum Gasteiger partial charge on any atom is 0.181 e. The molecule has 4 nitrogen and oxygen atoms in total. The van der Waals surface area contributed by atoms with E-state index in [2.05, 4.69) is 0 Å². The highest BCUT2D eigenvalue weighted by molar-refractivity contribution is 5.77. The minimum Gasteiger partial charge on any atom is -0.497 e. The normalized spacial score (nSPS) is 17.1. The molecule has 0 aliphatic carbocycles. The summed E-state index contributed by atoms with van der Waals surface area (Å²) in [6.45, 7) is 0. The number of rotatable bonds is 2. The molecule has 0 amide bonds. The number of methoxy groups -OCH3 is 1. The first-order chi connectivity index (χ1) is 9.74. The molecule has 2 unspecified atom stereocenters. The first kappa shape index (κ1) is 12.5. The number of nitriles is 1. The van der Waals surface area contributed by atoms with Crippen molar-refractivity contribution < 1.29 is 14.6 Å². The smallest absolute Gasteiger partial charge is 0.181 e. The van der Waals surface area contributed by atoms with E-state index in [9.17, 15) is 5.11 Å². The molecule has 0 bridgehead atoms. The Bertz CT molecular complexity index is 690. The van der Waals surface area contributed by atoms with Crippen LogP contribution in [0.25, 0.3) is 11.1 Å². The van der Waals surface area contributed by atoms with Crippen LogP contribution in [-0.2, 0) is 0 Å². The average Bonchev–Trinajstić information content (AvgIpc) is 2.52. The topological polar surface area (TPSA) is 62.5 Å². The minimum atomic E-state index is -1.20. The Kier molecular flexibility index (Phi) is 3.05. The highest BCUT2D eigenvalue weighted by Gasteiger charge is 2.31. The maximum absolute atomic E-state index is 9.84. The van der Waals surface area contributed by atoms with Crippen LogP contribution in [0.3, 0.4) is 0 Å². The summed E-state index contributed by atoms with van der Waals surface area (Å²) in [7, 11) is 1.61. The van der Waals surface area contributed by atoms with Gasteiger partial charge in [-0.05, 0) is 23.8 Å². The van der Waals surface area contributed by atoms with E-state index in [0.29, 0.717) is 5.75 Å². The van der Waals surface area contributed by atoms with Gasteiger partial charge in [-0.3, -0.25) is 0 Å². The van der Waals surface area contributed by atoms with Crippen molar-refractivity contribution >= 4 is 0 Å². The van der Waals surface area contributed by atoms with Crippen molar-refractivity contribution in [2.24, 2.45) is 0 Å². The van der Waals surface area contributed by atoms with Gasteiger partial charge >= 0.3 is 0 Å². The Morgan fingerprint density at radius 2 is 2.05 bits per heavy atom. The van der Waals surface area contributed by atoms with E-state index in [1.54, 1.807) is 19.2 Å². The molecule has 0 saturated carbocycles. The molecule has 0 aromatic heterocycles. The Morgan fingerprint density at radius 3 is 2.80 bits per heavy atom. The van der Waals surface area contributed by atoms with E-state index in [4.69, 9.17) is 14.7 Å². The van der Waals surface area contributed by atoms with Crippen LogP contribution in [-0.4, -0.2) is 18.3 Å². The fourth-order valence-corrected chi connectivity index (χ4v) is 2.44. The average molecular weight is 267 g/mol. The highest BCUT2D eigenvalue weighted by Crippen LogP contribution is 2.44. The van der Waals surface area contributed by atoms with E-state index in [1.165, 1.54) is 0 Å². The number of hydrogen-bond donors (Lipinski definition) is 1. The lowest BCUT2D eigenvalue weighted by Crippen LogP contribution is -2.25. The van der Waals surface area contributed by atoms with Gasteiger partial charge in [-0.25, -0.2) is 0 Å². The predicted octanol–water partition coefficient (Wildman–Crippen LogP) is 2.68. The lowest BCUT2D eigenvalue weighted by molar-refractivity contribution is 0.0696. The SMILES string of the molecule is COc1ccc2c(c1)-c1ccccc1C(C(O)C#N)O2. The second-order valence-electron chi connectivity index (χ2n) is 4.56. The first-order valence-electron chi connectivity index (χ1n) is 6.26. The van der Waals surface area contributed by atoms with Gasteiger partial charge in [0.2, 0.25) is 0 Å². The summed E-state index contributed by atoms with van der Waals surface area (Å²) in [6.07, 6.45) is -1.87. The van der Waals surface area contributed by atoms with Gasteiger partial charge in [0, 0.05) is 11.1 Å². The Hall–Kier alpha value is -2.51. The summed E-state index contributed by atoms with van der Waals surface area (Å²) in [6, 6.07) is 14.9. The summed E-state index contributed by atoms with van der Waals surface area (Å²) in [5.74, 6) is 1.38. The van der Waals surface area contributed by atoms with E-state index in [1.807, 2.05) is 36.4 Å². The summed E-state index contributed by atoms with van der Waals surface area (Å²) in [5.41, 5.74) is 2.66. The number of aliphatic hydroxyl groups excluding tert-OH is 1. The number of aliphatic hydroxyl groups is 1. The summed E-state index contributed by atoms with van der Waals surface area (Å²) < 4.78 is 11.0. The van der Waals surface area contributed by atoms with Crippen LogP contribution in [0.15, 0.2) is 42.5 Å². The lowest BCUT2D eigenvalue weighted by Gasteiger charge is -2.29. The van der Waals surface area contributed by atoms with Crippen LogP contribution in [0.5, 0.6) is 11.5 Å². The zero-order valence-corrected chi connectivity index (χ0v) is 10.9. The second-order valence-corrected chi connectivity index (χ2v) is 4.56. The van der Waals surface area contributed by atoms with Crippen LogP contribution in [0.4, 0.5) is 0 Å². The van der Waals surface area contributed by atoms with Gasteiger partial charge in [-0.2, -0.15) is 5.26 Å². The van der Waals surface area contributed by atoms with Gasteiger partial charge in [0.1, 0.15) is 11.5 Å². The molecule has 0 radical (unpaired) electrons. The highest BCUT2D eigenvalue weighted by atomic mass is 16.5. The van der Waals surface area contributed by atoms with Gasteiger partial charge in [-0.15, -0.1) is 0 Å². The Morgan fingerprint density at radius 1 is 1.25 bits per heavy atom. The molecule has 20 heavy (non-hydrogen) atoms. The van der Waals surface area contributed by atoms with E-state index in [0.717, 1.165) is 22.4 Å². The number of nitrogens with zero attached hydrogens (tertiary/aromatic N) is 1. The van der Waals surface area contributed by atoms with Crippen LogP contribution >= 0.6 is 0 Å². The Balaban J connectivity index is 2.18. The molecule has 0 spiro atoms. The predicted molar refractivity (Wildman–Crippen MR) is 73.4 cm³/mol. The zero-order valence-electron chi connectivity index (χ0n) is 10.9. The molecule has 2 aromatic carbocycles. The van der Waals surface area contributed by atoms with Crippen LogP contribution in [0.1, 0.15) is 11.7 Å². The van der Waals surface area contributed by atoms with Gasteiger partial charge in [-0.1, -0.05) is 24.3 Å². The molecule has 4 heteroatoms. The van der Waals surface area contributed by atoms with Crippen molar-refractivity contribution in [3.63, 3.8) is 0 Å². The molecule has 0 saturated heterocycles. The monoisotopic (exact) mass is 267 g/mol. The van der Waals surface area contributed by atoms with Crippen molar-refractivity contribution in [1.82, 2.24) is 0 Å². The van der Waals surface area contributed by atoms with Gasteiger partial charge in [0.05, 0.1) is 13.2 Å². The number of fused-ring (bicyclic) bond motifs is 3. The summed E-state index contributed by atoms with van der Waals surface area (Å²) >= 11 is 0. The van der Waals surface area contributed by atoms with Gasteiger partial charge < -0.3 is 14.6 Å². The fraction of sp³-hybridized carbons (Fsp3) is 0.188. The van der Waals surface area contributed by atoms with Crippen LogP contribution in [0, 0.1) is 11.3 Å². The lowest BCUT2D eigenvalue weighted by atomic mass is 9.91. The Labute approximate surface area is 116 Å². The second kappa shape index (κ2) is 4.87. The van der Waals surface area contributed by atoms with E-state index in [-0.39, 0.29) is 0 Å². The largest absolute Gasteiger partial charge is 0.497 e. The third-order valence-corrected chi connectivity index (χ3v) is 3.42. The maximum atomic E-state index is 9.84. The zero-order chi connectivity index (χ0) is 14.1. The van der Waals surface area contributed by atoms with Crippen LogP contribution < -0.4 is 9.47 Å². The molecule has 2 aromatic rings. The quantitative estimate of drug-likeness (QED) is 0.850. The number of benzene rings is 2. The minimum absolute atomic E-state index is 0.642. The number of ether oxygens (including phenoxy) is 2. The van der Waals surface area contributed by atoms with E-state index < -0.39 is 12.2 Å². The molecule has 1 aliphatic rings. The van der Waals surface area contributed by atoms with Crippen molar-refractivity contribution in [3.05, 3.63) is 48.0 Å². The molecule has 2 atom stereocenters. The molecular weight excluding hydrogens is 254 g/mol. The molecule has 100 valence electrons. The van der Waals surface area contributed by atoms with Gasteiger partial charge in [0.25, 0.3) is 0 Å². The van der Waals surface area contributed by atoms with Crippen molar-refractivity contribution in [2.75, 3.05) is 7.11 Å². The van der Waals surface area contributed by atoms with E-state index >= 15 is 0 Å². The summed E-state index contributed by atoms with van der Waals surface area (Å²) in [5, 5.41) is 18.8. The third-order valence-electron chi connectivity index (χ3n) is 3.42. The summed E-state index contributed by atoms with van der Waals surface area (Å²) in [4.78, 5) is 0. The third kappa shape index (κ3) is 1.89. The first-order valence-corrected chi connectivity index (χ1v) is 6.26. The standard InChI is InChI=1S/C16H13NO3/c1-19-10-6-7-15-13(8-10)11-4-2-3-5-12(11)16(20-15)14(18)9-17/h2-8,14,16,18H,1H3. The van der Waals surface area contributed by atoms with Crippen LogP contribution in [0.2, 0.25) is 0 Å². The van der Waals surface area contributed by atoms with Crippen molar-refractivity contribution in [3.8, 4) is 28.7 Å². The number of hydrogen-bond acceptors (Lipinski definition) is 4. The molecule has 1 heterocycles.